The van der Waals surface area contributed by atoms with Crippen molar-refractivity contribution in [1.82, 2.24) is 4.98 Å². The highest BCUT2D eigenvalue weighted by atomic mass is 16.1. The highest BCUT2D eigenvalue weighted by molar-refractivity contribution is 6.07. The average Bonchev–Trinajstić information content (AvgIpc) is 2.60. The highest BCUT2D eigenvalue weighted by Crippen LogP contribution is 2.24. The van der Waals surface area contributed by atoms with Gasteiger partial charge in [0, 0.05) is 17.6 Å². The molecule has 0 aliphatic carbocycles. The van der Waals surface area contributed by atoms with Crippen LogP contribution in [0.1, 0.15) is 21.5 Å². The van der Waals surface area contributed by atoms with Gasteiger partial charge in [-0.3, -0.25) is 4.79 Å². The van der Waals surface area contributed by atoms with E-state index in [1.807, 2.05) is 49.4 Å². The molecule has 24 heavy (non-hydrogen) atoms. The molecule has 2 N–H and O–H groups in total. The zero-order chi connectivity index (χ0) is 16.9. The van der Waals surface area contributed by atoms with Crippen LogP contribution >= 0.6 is 0 Å². The molecule has 0 aliphatic rings. The molecule has 1 amide bonds. The van der Waals surface area contributed by atoms with Gasteiger partial charge < -0.3 is 10.6 Å². The van der Waals surface area contributed by atoms with E-state index in [2.05, 4.69) is 28.6 Å². The summed E-state index contributed by atoms with van der Waals surface area (Å²) in [6.07, 6.45) is 1.67. The smallest absolute Gasteiger partial charge is 0.259 e. The van der Waals surface area contributed by atoms with Crippen molar-refractivity contribution >= 4 is 23.1 Å². The molecule has 1 heterocycles. The van der Waals surface area contributed by atoms with Crippen LogP contribution in [0.15, 0.2) is 66.9 Å². The summed E-state index contributed by atoms with van der Waals surface area (Å²) in [5, 5.41) is 6.17. The van der Waals surface area contributed by atoms with Gasteiger partial charge in [0.15, 0.2) is 0 Å². The Morgan fingerprint density at radius 1 is 0.917 bits per heavy atom. The Kier molecular flexibility index (Phi) is 4.57. The third-order valence-corrected chi connectivity index (χ3v) is 3.94. The van der Waals surface area contributed by atoms with E-state index in [1.165, 1.54) is 5.56 Å². The molecule has 3 aromatic rings. The van der Waals surface area contributed by atoms with Gasteiger partial charge >= 0.3 is 0 Å². The predicted octanol–water partition coefficient (Wildman–Crippen LogP) is 4.69. The molecule has 0 spiro atoms. The molecule has 1 aromatic heterocycles. The average molecular weight is 317 g/mol. The third kappa shape index (κ3) is 3.43. The van der Waals surface area contributed by atoms with Gasteiger partial charge in [-0.2, -0.15) is 0 Å². The molecule has 4 nitrogen and oxygen atoms in total. The molecule has 0 radical (unpaired) electrons. The minimum absolute atomic E-state index is 0.192. The number of carbonyl (C=O) groups is 1. The van der Waals surface area contributed by atoms with Gasteiger partial charge in [0.2, 0.25) is 0 Å². The lowest BCUT2D eigenvalue weighted by Crippen LogP contribution is -2.14. The second-order valence-corrected chi connectivity index (χ2v) is 5.59. The summed E-state index contributed by atoms with van der Waals surface area (Å²) >= 11 is 0. The minimum atomic E-state index is -0.192. The van der Waals surface area contributed by atoms with E-state index in [-0.39, 0.29) is 5.91 Å². The lowest BCUT2D eigenvalue weighted by molar-refractivity contribution is 0.102. The van der Waals surface area contributed by atoms with Crippen LogP contribution in [0.3, 0.4) is 0 Å². The number of para-hydroxylation sites is 1. The zero-order valence-corrected chi connectivity index (χ0v) is 13.7. The summed E-state index contributed by atoms with van der Waals surface area (Å²) in [5.74, 6) is 0.349. The number of rotatable bonds is 4. The first-order valence-electron chi connectivity index (χ1n) is 7.80. The van der Waals surface area contributed by atoms with E-state index in [0.717, 1.165) is 16.9 Å². The number of carbonyl (C=O) groups excluding carboxylic acids is 1. The number of aryl methyl sites for hydroxylation is 1. The molecule has 0 saturated heterocycles. The van der Waals surface area contributed by atoms with Crippen molar-refractivity contribution < 1.29 is 4.79 Å². The molecule has 0 atom stereocenters. The van der Waals surface area contributed by atoms with Gasteiger partial charge in [-0.1, -0.05) is 30.3 Å². The largest absolute Gasteiger partial charge is 0.339 e. The summed E-state index contributed by atoms with van der Waals surface area (Å²) < 4.78 is 0. The Morgan fingerprint density at radius 3 is 2.50 bits per heavy atom. The van der Waals surface area contributed by atoms with Gasteiger partial charge in [-0.05, 0) is 55.3 Å². The molecule has 120 valence electrons. The van der Waals surface area contributed by atoms with Crippen LogP contribution in [0.2, 0.25) is 0 Å². The van der Waals surface area contributed by atoms with Crippen LogP contribution in [-0.2, 0) is 0 Å². The summed E-state index contributed by atoms with van der Waals surface area (Å²) in [4.78, 5) is 16.9. The fraction of sp³-hybridized carbons (Fsp3) is 0.100. The monoisotopic (exact) mass is 317 g/mol. The Hall–Kier alpha value is -3.14. The second kappa shape index (κ2) is 6.96. The number of anilines is 3. The SMILES string of the molecule is Cc1cccc(Nc2ncccc2C(=O)Nc2ccccc2)c1C. The Morgan fingerprint density at radius 2 is 1.71 bits per heavy atom. The maximum Gasteiger partial charge on any atom is 0.259 e. The summed E-state index contributed by atoms with van der Waals surface area (Å²) in [6, 6.07) is 18.9. The first kappa shape index (κ1) is 15.7. The molecule has 0 fully saturated rings. The molecule has 0 unspecified atom stereocenters. The molecule has 2 aromatic carbocycles. The molecule has 4 heteroatoms. The highest BCUT2D eigenvalue weighted by Gasteiger charge is 2.13. The third-order valence-electron chi connectivity index (χ3n) is 3.94. The molecule has 3 rings (SSSR count). The van der Waals surface area contributed by atoms with E-state index >= 15 is 0 Å². The summed E-state index contributed by atoms with van der Waals surface area (Å²) in [5.41, 5.74) is 4.53. The number of benzene rings is 2. The first-order valence-corrected chi connectivity index (χ1v) is 7.80. The Balaban J connectivity index is 1.88. The van der Waals surface area contributed by atoms with Crippen molar-refractivity contribution in [2.75, 3.05) is 10.6 Å². The fourth-order valence-corrected chi connectivity index (χ4v) is 2.42. The second-order valence-electron chi connectivity index (χ2n) is 5.59. The zero-order valence-electron chi connectivity index (χ0n) is 13.7. The Labute approximate surface area is 141 Å². The van der Waals surface area contributed by atoms with E-state index in [4.69, 9.17) is 0 Å². The van der Waals surface area contributed by atoms with E-state index < -0.39 is 0 Å². The maximum atomic E-state index is 12.6. The van der Waals surface area contributed by atoms with E-state index in [0.29, 0.717) is 11.4 Å². The molecular weight excluding hydrogens is 298 g/mol. The van der Waals surface area contributed by atoms with Crippen molar-refractivity contribution in [3.8, 4) is 0 Å². The quantitative estimate of drug-likeness (QED) is 0.733. The molecule has 0 aliphatic heterocycles. The van der Waals surface area contributed by atoms with Gasteiger partial charge in [0.05, 0.1) is 5.56 Å². The van der Waals surface area contributed by atoms with Crippen LogP contribution in [0.25, 0.3) is 0 Å². The summed E-state index contributed by atoms with van der Waals surface area (Å²) in [7, 11) is 0. The number of hydrogen-bond acceptors (Lipinski definition) is 3. The lowest BCUT2D eigenvalue weighted by atomic mass is 10.1. The van der Waals surface area contributed by atoms with Gasteiger partial charge in [0.25, 0.3) is 5.91 Å². The number of amides is 1. The van der Waals surface area contributed by atoms with Crippen LogP contribution in [-0.4, -0.2) is 10.9 Å². The number of hydrogen-bond donors (Lipinski definition) is 2. The lowest BCUT2D eigenvalue weighted by Gasteiger charge is -2.14. The van der Waals surface area contributed by atoms with Crippen LogP contribution in [0.5, 0.6) is 0 Å². The molecule has 0 bridgehead atoms. The number of pyridine rings is 1. The fourth-order valence-electron chi connectivity index (χ4n) is 2.42. The predicted molar refractivity (Wildman–Crippen MR) is 97.8 cm³/mol. The summed E-state index contributed by atoms with van der Waals surface area (Å²) in [6.45, 7) is 4.10. The van der Waals surface area contributed by atoms with Crippen molar-refractivity contribution in [2.45, 2.75) is 13.8 Å². The Bertz CT molecular complexity index is 860. The maximum absolute atomic E-state index is 12.6. The van der Waals surface area contributed by atoms with Crippen LogP contribution in [0, 0.1) is 13.8 Å². The van der Waals surface area contributed by atoms with Crippen molar-refractivity contribution in [1.29, 1.82) is 0 Å². The number of aromatic nitrogens is 1. The van der Waals surface area contributed by atoms with Gasteiger partial charge in [-0.15, -0.1) is 0 Å². The first-order chi connectivity index (χ1) is 11.6. The van der Waals surface area contributed by atoms with Crippen molar-refractivity contribution in [2.24, 2.45) is 0 Å². The van der Waals surface area contributed by atoms with E-state index in [9.17, 15) is 4.79 Å². The van der Waals surface area contributed by atoms with E-state index in [1.54, 1.807) is 18.3 Å². The number of nitrogens with zero attached hydrogens (tertiary/aromatic N) is 1. The standard InChI is InChI=1S/C20H19N3O/c1-14-8-6-12-18(15(14)2)23-19-17(11-7-13-21-19)20(24)22-16-9-4-3-5-10-16/h3-13H,1-2H3,(H,21,23)(H,22,24). The molecular formula is C20H19N3O. The normalized spacial score (nSPS) is 10.2. The van der Waals surface area contributed by atoms with Gasteiger partial charge in [0.1, 0.15) is 5.82 Å². The van der Waals surface area contributed by atoms with Crippen LogP contribution in [0.4, 0.5) is 17.2 Å². The van der Waals surface area contributed by atoms with Crippen molar-refractivity contribution in [3.05, 3.63) is 83.6 Å². The number of nitrogens with one attached hydrogen (secondary N) is 2. The van der Waals surface area contributed by atoms with Gasteiger partial charge in [-0.25, -0.2) is 4.98 Å². The molecule has 0 saturated carbocycles. The van der Waals surface area contributed by atoms with Crippen molar-refractivity contribution in [3.63, 3.8) is 0 Å². The van der Waals surface area contributed by atoms with Crippen LogP contribution < -0.4 is 10.6 Å². The topological polar surface area (TPSA) is 54.0 Å². The minimum Gasteiger partial charge on any atom is -0.339 e.